The van der Waals surface area contributed by atoms with Crippen LogP contribution in [-0.2, 0) is 4.79 Å². The Morgan fingerprint density at radius 2 is 2.00 bits per heavy atom. The van der Waals surface area contributed by atoms with Crippen LogP contribution in [0.4, 0.5) is 5.69 Å². The lowest BCUT2D eigenvalue weighted by Crippen LogP contribution is -2.19. The number of carbonyl (C=O) groups excluding carboxylic acids is 1. The zero-order valence-electron chi connectivity index (χ0n) is 9.03. The number of nitrogens with one attached hydrogen (secondary N) is 1. The van der Waals surface area contributed by atoms with Crippen LogP contribution < -0.4 is 5.32 Å². The zero-order chi connectivity index (χ0) is 11.6. The molecule has 84 valence electrons. The van der Waals surface area contributed by atoms with Crippen LogP contribution in [0.3, 0.4) is 0 Å². The van der Waals surface area contributed by atoms with Crippen molar-refractivity contribution >= 4 is 34.0 Å². The molecule has 1 N–H and O–H groups in total. The lowest BCUT2D eigenvalue weighted by molar-refractivity contribution is -0.117. The van der Waals surface area contributed by atoms with Gasteiger partial charge in [0.2, 0.25) is 5.91 Å². The van der Waals surface area contributed by atoms with E-state index < -0.39 is 0 Å². The molecule has 1 aliphatic heterocycles. The van der Waals surface area contributed by atoms with Gasteiger partial charge in [0.05, 0.1) is 5.69 Å². The van der Waals surface area contributed by atoms with Crippen LogP contribution in [0, 0.1) is 5.92 Å². The first-order chi connectivity index (χ1) is 8.25. The summed E-state index contributed by atoms with van der Waals surface area (Å²) in [6.07, 6.45) is 0.991. The molecule has 0 radical (unpaired) electrons. The summed E-state index contributed by atoms with van der Waals surface area (Å²) in [4.78, 5) is 11.8. The van der Waals surface area contributed by atoms with Crippen molar-refractivity contribution in [3.63, 3.8) is 0 Å². The zero-order valence-corrected chi connectivity index (χ0v) is 9.79. The average molecular weight is 244 g/mol. The summed E-state index contributed by atoms with van der Waals surface area (Å²) in [5.41, 5.74) is 2.23. The smallest absolute Gasteiger partial charge is 0.228 e. The van der Waals surface area contributed by atoms with Gasteiger partial charge in [-0.2, -0.15) is 0 Å². The lowest BCUT2D eigenvalue weighted by atomic mass is 9.97. The maximum Gasteiger partial charge on any atom is 0.228 e. The van der Waals surface area contributed by atoms with Crippen LogP contribution in [0.25, 0.3) is 10.8 Å². The molecule has 1 saturated carbocycles. The lowest BCUT2D eigenvalue weighted by Gasteiger charge is -2.18. The molecule has 0 spiro atoms. The van der Waals surface area contributed by atoms with Gasteiger partial charge in [0.15, 0.2) is 0 Å². The van der Waals surface area contributed by atoms with Crippen molar-refractivity contribution in [1.82, 2.24) is 0 Å². The van der Waals surface area contributed by atoms with Gasteiger partial charge >= 0.3 is 0 Å². The third-order valence-corrected chi connectivity index (χ3v) is 4.14. The summed E-state index contributed by atoms with van der Waals surface area (Å²) in [5.74, 6) is 0.802. The first-order valence-corrected chi connectivity index (χ1v) is 6.15. The van der Waals surface area contributed by atoms with Gasteiger partial charge in [-0.05, 0) is 24.0 Å². The number of hydrogen-bond donors (Lipinski definition) is 1. The maximum absolute atomic E-state index is 11.8. The molecule has 2 aromatic rings. The minimum atomic E-state index is 0.162. The predicted octanol–water partition coefficient (Wildman–Crippen LogP) is 3.55. The molecule has 2 atom stereocenters. The van der Waals surface area contributed by atoms with Crippen molar-refractivity contribution in [3.05, 3.63) is 40.9 Å². The van der Waals surface area contributed by atoms with E-state index in [-0.39, 0.29) is 11.8 Å². The van der Waals surface area contributed by atoms with E-state index in [1.165, 1.54) is 5.56 Å². The number of anilines is 1. The highest BCUT2D eigenvalue weighted by Gasteiger charge is 2.48. The third-order valence-electron chi connectivity index (χ3n) is 3.82. The Bertz CT molecular complexity index is 665. The quantitative estimate of drug-likeness (QED) is 0.753. The van der Waals surface area contributed by atoms with Crippen molar-refractivity contribution in [2.24, 2.45) is 5.92 Å². The molecular weight excluding hydrogens is 234 g/mol. The van der Waals surface area contributed by atoms with Crippen molar-refractivity contribution in [2.75, 3.05) is 5.32 Å². The second-order valence-corrected chi connectivity index (χ2v) is 5.21. The van der Waals surface area contributed by atoms with E-state index in [4.69, 9.17) is 11.6 Å². The van der Waals surface area contributed by atoms with E-state index in [2.05, 4.69) is 17.4 Å². The molecule has 1 aliphatic carbocycles. The summed E-state index contributed by atoms with van der Waals surface area (Å²) in [6, 6.07) is 9.98. The molecule has 17 heavy (non-hydrogen) atoms. The van der Waals surface area contributed by atoms with Gasteiger partial charge in [0.1, 0.15) is 0 Å². The van der Waals surface area contributed by atoms with Crippen molar-refractivity contribution in [1.29, 1.82) is 0 Å². The number of fused-ring (bicyclic) bond motifs is 5. The highest BCUT2D eigenvalue weighted by atomic mass is 35.5. The van der Waals surface area contributed by atoms with Gasteiger partial charge in [-0.1, -0.05) is 35.9 Å². The van der Waals surface area contributed by atoms with E-state index in [1.807, 2.05) is 18.2 Å². The molecule has 1 amide bonds. The van der Waals surface area contributed by atoms with E-state index >= 15 is 0 Å². The Morgan fingerprint density at radius 1 is 1.12 bits per heavy atom. The standard InChI is InChI=1S/C14H10ClNO/c15-12-3-1-2-8-7(12)4-5-9-10-6-11(10)14(17)16-13(8)9/h1-5,10-11H,6H2,(H,16,17). The van der Waals surface area contributed by atoms with E-state index in [1.54, 1.807) is 0 Å². The summed E-state index contributed by atoms with van der Waals surface area (Å²) in [5, 5.41) is 5.81. The van der Waals surface area contributed by atoms with Crippen molar-refractivity contribution in [3.8, 4) is 0 Å². The van der Waals surface area contributed by atoms with Crippen LogP contribution in [0.1, 0.15) is 17.9 Å². The second-order valence-electron chi connectivity index (χ2n) is 4.80. The SMILES string of the molecule is O=C1Nc2c(ccc3c(Cl)cccc23)C2CC12. The molecule has 3 heteroatoms. The Labute approximate surface area is 104 Å². The summed E-state index contributed by atoms with van der Waals surface area (Å²) < 4.78 is 0. The number of rotatable bonds is 0. The first-order valence-electron chi connectivity index (χ1n) is 5.77. The third kappa shape index (κ3) is 1.19. The van der Waals surface area contributed by atoms with Crippen molar-refractivity contribution in [2.45, 2.75) is 12.3 Å². The fraction of sp³-hybridized carbons (Fsp3) is 0.214. The fourth-order valence-electron chi connectivity index (χ4n) is 2.83. The predicted molar refractivity (Wildman–Crippen MR) is 68.4 cm³/mol. The van der Waals surface area contributed by atoms with Gasteiger partial charge < -0.3 is 5.32 Å². The summed E-state index contributed by atoms with van der Waals surface area (Å²) >= 11 is 6.17. The molecule has 0 saturated heterocycles. The first kappa shape index (κ1) is 9.49. The van der Waals surface area contributed by atoms with Gasteiger partial charge in [0, 0.05) is 21.7 Å². The highest BCUT2D eigenvalue weighted by molar-refractivity contribution is 6.36. The Morgan fingerprint density at radius 3 is 2.88 bits per heavy atom. The van der Waals surface area contributed by atoms with E-state index in [0.29, 0.717) is 5.92 Å². The monoisotopic (exact) mass is 243 g/mol. The van der Waals surface area contributed by atoms with Gasteiger partial charge in [-0.25, -0.2) is 0 Å². The van der Waals surface area contributed by atoms with Gasteiger partial charge in [-0.3, -0.25) is 4.79 Å². The molecule has 1 fully saturated rings. The second kappa shape index (κ2) is 3.02. The van der Waals surface area contributed by atoms with Crippen LogP contribution in [-0.4, -0.2) is 5.91 Å². The molecule has 1 heterocycles. The molecule has 2 nitrogen and oxygen atoms in total. The topological polar surface area (TPSA) is 29.1 Å². The molecule has 0 bridgehead atoms. The van der Waals surface area contributed by atoms with Crippen LogP contribution in [0.2, 0.25) is 5.02 Å². The average Bonchev–Trinajstić information content (AvgIpc) is 3.10. The molecule has 4 rings (SSSR count). The normalized spacial score (nSPS) is 25.1. The number of halogens is 1. The number of hydrogen-bond acceptors (Lipinski definition) is 1. The van der Waals surface area contributed by atoms with Crippen LogP contribution >= 0.6 is 11.6 Å². The van der Waals surface area contributed by atoms with Crippen molar-refractivity contribution < 1.29 is 4.79 Å². The highest BCUT2D eigenvalue weighted by Crippen LogP contribution is 2.54. The van der Waals surface area contributed by atoms with Gasteiger partial charge in [-0.15, -0.1) is 0 Å². The molecule has 2 unspecified atom stereocenters. The van der Waals surface area contributed by atoms with Crippen LogP contribution in [0.5, 0.6) is 0 Å². The molecule has 2 aliphatic rings. The maximum atomic E-state index is 11.8. The fourth-order valence-corrected chi connectivity index (χ4v) is 3.07. The van der Waals surface area contributed by atoms with E-state index in [0.717, 1.165) is 27.9 Å². The Balaban J connectivity index is 2.07. The number of benzene rings is 2. The molecule has 0 aromatic heterocycles. The van der Waals surface area contributed by atoms with E-state index in [9.17, 15) is 4.79 Å². The molecule has 2 aromatic carbocycles. The number of carbonyl (C=O) groups is 1. The Kier molecular flexibility index (Phi) is 1.68. The Hall–Kier alpha value is -1.54. The minimum Gasteiger partial charge on any atom is -0.325 e. The van der Waals surface area contributed by atoms with Gasteiger partial charge in [0.25, 0.3) is 0 Å². The molecular formula is C14H10ClNO. The van der Waals surface area contributed by atoms with Crippen LogP contribution in [0.15, 0.2) is 30.3 Å². The minimum absolute atomic E-state index is 0.162. The largest absolute Gasteiger partial charge is 0.325 e. The summed E-state index contributed by atoms with van der Waals surface area (Å²) in [6.45, 7) is 0. The number of amides is 1. The summed E-state index contributed by atoms with van der Waals surface area (Å²) in [7, 11) is 0.